The van der Waals surface area contributed by atoms with Gasteiger partial charge >= 0.3 is 0 Å². The monoisotopic (exact) mass is 277 g/mol. The van der Waals surface area contributed by atoms with Crippen molar-refractivity contribution in [1.29, 1.82) is 0 Å². The molecule has 0 atom stereocenters. The molecule has 1 fully saturated rings. The van der Waals surface area contributed by atoms with Crippen LogP contribution in [0.2, 0.25) is 0 Å². The van der Waals surface area contributed by atoms with Gasteiger partial charge in [0.25, 0.3) is 0 Å². The number of benzene rings is 1. The van der Waals surface area contributed by atoms with E-state index in [-0.39, 0.29) is 17.9 Å². The molecule has 0 aromatic heterocycles. The Morgan fingerprint density at radius 3 is 2.55 bits per heavy atom. The Bertz CT molecular complexity index is 438. The van der Waals surface area contributed by atoms with Crippen LogP contribution in [-0.2, 0) is 10.2 Å². The van der Waals surface area contributed by atoms with Crippen molar-refractivity contribution in [3.05, 3.63) is 29.8 Å². The molecule has 0 radical (unpaired) electrons. The standard InChI is InChI=1S/C16H23NO3/c1-20-14-7-5-13(6-8-14)16(9-3-10-16)12-17-15(19)4-2-11-18/h5-8,18H,2-4,9-12H2,1H3,(H,17,19). The molecule has 1 aromatic rings. The summed E-state index contributed by atoms with van der Waals surface area (Å²) in [5.74, 6) is 0.883. The lowest BCUT2D eigenvalue weighted by atomic mass is 9.64. The van der Waals surface area contributed by atoms with Gasteiger partial charge in [-0.15, -0.1) is 0 Å². The van der Waals surface area contributed by atoms with Gasteiger partial charge in [0.2, 0.25) is 5.91 Å². The molecular formula is C16H23NO3. The Hall–Kier alpha value is -1.55. The predicted molar refractivity (Wildman–Crippen MR) is 77.9 cm³/mol. The maximum atomic E-state index is 11.7. The minimum absolute atomic E-state index is 0.0267. The van der Waals surface area contributed by atoms with E-state index in [9.17, 15) is 4.79 Å². The van der Waals surface area contributed by atoms with Gasteiger partial charge in [-0.3, -0.25) is 4.79 Å². The zero-order valence-corrected chi connectivity index (χ0v) is 12.0. The topological polar surface area (TPSA) is 58.6 Å². The third kappa shape index (κ3) is 3.31. The number of methoxy groups -OCH3 is 1. The fourth-order valence-electron chi connectivity index (χ4n) is 2.71. The fraction of sp³-hybridized carbons (Fsp3) is 0.562. The molecule has 4 nitrogen and oxygen atoms in total. The van der Waals surface area contributed by atoms with Gasteiger partial charge in [-0.25, -0.2) is 0 Å². The highest BCUT2D eigenvalue weighted by atomic mass is 16.5. The number of aliphatic hydroxyl groups excluding tert-OH is 1. The highest BCUT2D eigenvalue weighted by Crippen LogP contribution is 2.43. The van der Waals surface area contributed by atoms with Crippen LogP contribution in [0.1, 0.15) is 37.7 Å². The number of aliphatic hydroxyl groups is 1. The van der Waals surface area contributed by atoms with Crippen molar-refractivity contribution in [3.8, 4) is 5.75 Å². The number of carbonyl (C=O) groups excluding carboxylic acids is 1. The average molecular weight is 277 g/mol. The molecular weight excluding hydrogens is 254 g/mol. The van der Waals surface area contributed by atoms with E-state index in [1.54, 1.807) is 7.11 Å². The van der Waals surface area contributed by atoms with E-state index in [4.69, 9.17) is 9.84 Å². The Morgan fingerprint density at radius 2 is 2.05 bits per heavy atom. The van der Waals surface area contributed by atoms with Crippen LogP contribution in [0.15, 0.2) is 24.3 Å². The van der Waals surface area contributed by atoms with Crippen LogP contribution in [0.25, 0.3) is 0 Å². The van der Waals surface area contributed by atoms with Gasteiger partial charge in [-0.1, -0.05) is 18.6 Å². The third-order valence-corrected chi connectivity index (χ3v) is 4.20. The van der Waals surface area contributed by atoms with Gasteiger partial charge in [-0.2, -0.15) is 0 Å². The lowest BCUT2D eigenvalue weighted by Crippen LogP contribution is -2.45. The predicted octanol–water partition coefficient (Wildman–Crippen LogP) is 2.01. The van der Waals surface area contributed by atoms with Crippen LogP contribution in [0.4, 0.5) is 0 Å². The first-order valence-corrected chi connectivity index (χ1v) is 7.22. The number of nitrogens with one attached hydrogen (secondary N) is 1. The zero-order valence-electron chi connectivity index (χ0n) is 12.0. The molecule has 2 rings (SSSR count). The number of amides is 1. The quantitative estimate of drug-likeness (QED) is 0.801. The normalized spacial score (nSPS) is 16.3. The fourth-order valence-corrected chi connectivity index (χ4v) is 2.71. The van der Waals surface area contributed by atoms with Crippen molar-refractivity contribution in [2.75, 3.05) is 20.3 Å². The first-order chi connectivity index (χ1) is 9.70. The summed E-state index contributed by atoms with van der Waals surface area (Å²) >= 11 is 0. The number of hydrogen-bond acceptors (Lipinski definition) is 3. The molecule has 20 heavy (non-hydrogen) atoms. The third-order valence-electron chi connectivity index (χ3n) is 4.20. The lowest BCUT2D eigenvalue weighted by Gasteiger charge is -2.42. The number of hydrogen-bond donors (Lipinski definition) is 2. The highest BCUT2D eigenvalue weighted by molar-refractivity contribution is 5.76. The number of ether oxygens (including phenoxy) is 1. The minimum atomic E-state index is 0.0267. The summed E-state index contributed by atoms with van der Waals surface area (Å²) in [4.78, 5) is 11.7. The van der Waals surface area contributed by atoms with Gasteiger partial charge in [0.1, 0.15) is 5.75 Å². The van der Waals surface area contributed by atoms with E-state index in [1.165, 1.54) is 12.0 Å². The van der Waals surface area contributed by atoms with Crippen LogP contribution < -0.4 is 10.1 Å². The Morgan fingerprint density at radius 1 is 1.35 bits per heavy atom. The second-order valence-electron chi connectivity index (χ2n) is 5.47. The lowest BCUT2D eigenvalue weighted by molar-refractivity contribution is -0.121. The van der Waals surface area contributed by atoms with Crippen molar-refractivity contribution >= 4 is 5.91 Å². The van der Waals surface area contributed by atoms with E-state index in [2.05, 4.69) is 17.4 Å². The largest absolute Gasteiger partial charge is 0.497 e. The molecule has 1 amide bonds. The van der Waals surface area contributed by atoms with Crippen LogP contribution >= 0.6 is 0 Å². The molecule has 1 aliphatic carbocycles. The molecule has 0 spiro atoms. The van der Waals surface area contributed by atoms with Gasteiger partial charge in [0.05, 0.1) is 7.11 Å². The molecule has 0 unspecified atom stereocenters. The van der Waals surface area contributed by atoms with Crippen LogP contribution in [-0.4, -0.2) is 31.3 Å². The van der Waals surface area contributed by atoms with Gasteiger partial charge in [-0.05, 0) is 37.0 Å². The van der Waals surface area contributed by atoms with Gasteiger partial charge < -0.3 is 15.2 Å². The summed E-state index contributed by atoms with van der Waals surface area (Å²) in [5, 5.41) is 11.7. The first-order valence-electron chi connectivity index (χ1n) is 7.22. The van der Waals surface area contributed by atoms with E-state index in [1.807, 2.05) is 12.1 Å². The smallest absolute Gasteiger partial charge is 0.220 e. The molecule has 4 heteroatoms. The number of rotatable bonds is 7. The second kappa shape index (κ2) is 6.75. The van der Waals surface area contributed by atoms with Crippen LogP contribution in [0.5, 0.6) is 5.75 Å². The molecule has 110 valence electrons. The van der Waals surface area contributed by atoms with E-state index in [0.717, 1.165) is 18.6 Å². The molecule has 0 saturated heterocycles. The van der Waals surface area contributed by atoms with Gasteiger partial charge in [0, 0.05) is 25.0 Å². The first kappa shape index (κ1) is 14.9. The van der Waals surface area contributed by atoms with Crippen molar-refractivity contribution in [1.82, 2.24) is 5.32 Å². The summed E-state index contributed by atoms with van der Waals surface area (Å²) in [5.41, 5.74) is 1.35. The van der Waals surface area contributed by atoms with Gasteiger partial charge in [0.15, 0.2) is 0 Å². The van der Waals surface area contributed by atoms with E-state index < -0.39 is 0 Å². The van der Waals surface area contributed by atoms with Crippen LogP contribution in [0.3, 0.4) is 0 Å². The molecule has 1 aromatic carbocycles. The molecule has 0 bridgehead atoms. The summed E-state index contributed by atoms with van der Waals surface area (Å²) in [6.07, 6.45) is 4.36. The summed E-state index contributed by atoms with van der Waals surface area (Å²) in [6.45, 7) is 0.751. The SMILES string of the molecule is COc1ccc(C2(CNC(=O)CCCO)CCC2)cc1. The van der Waals surface area contributed by atoms with E-state index >= 15 is 0 Å². The van der Waals surface area contributed by atoms with E-state index in [0.29, 0.717) is 19.4 Å². The Balaban J connectivity index is 1.96. The zero-order chi connectivity index (χ0) is 14.4. The number of carbonyl (C=O) groups is 1. The summed E-state index contributed by atoms with van der Waals surface area (Å²) < 4.78 is 5.18. The Labute approximate surface area is 120 Å². The minimum Gasteiger partial charge on any atom is -0.497 e. The maximum Gasteiger partial charge on any atom is 0.220 e. The Kier molecular flexibility index (Phi) is 5.01. The molecule has 1 aliphatic rings. The summed E-state index contributed by atoms with van der Waals surface area (Å²) in [7, 11) is 1.66. The molecule has 1 saturated carbocycles. The average Bonchev–Trinajstić information content (AvgIpc) is 2.44. The second-order valence-corrected chi connectivity index (χ2v) is 5.47. The molecule has 0 heterocycles. The summed E-state index contributed by atoms with van der Waals surface area (Å²) in [6, 6.07) is 8.14. The maximum absolute atomic E-state index is 11.7. The molecule has 0 aliphatic heterocycles. The van der Waals surface area contributed by atoms with Crippen molar-refractivity contribution in [2.24, 2.45) is 0 Å². The van der Waals surface area contributed by atoms with Crippen LogP contribution in [0, 0.1) is 0 Å². The van der Waals surface area contributed by atoms with Crippen molar-refractivity contribution in [3.63, 3.8) is 0 Å². The van der Waals surface area contributed by atoms with Crippen molar-refractivity contribution in [2.45, 2.75) is 37.5 Å². The molecule has 2 N–H and O–H groups in total. The highest BCUT2D eigenvalue weighted by Gasteiger charge is 2.38. The van der Waals surface area contributed by atoms with Crippen molar-refractivity contribution < 1.29 is 14.6 Å².